The van der Waals surface area contributed by atoms with Crippen LogP contribution in [0.15, 0.2) is 4.99 Å². The Balaban J connectivity index is 2.25. The molecular weight excluding hydrogens is 224 g/mol. The number of nitrogens with zero attached hydrogens (tertiary/aromatic N) is 2. The lowest BCUT2D eigenvalue weighted by molar-refractivity contribution is 0.214. The van der Waals surface area contributed by atoms with Gasteiger partial charge in [0.1, 0.15) is 0 Å². The maximum atomic E-state index is 5.23. The Labute approximate surface area is 111 Å². The molecule has 0 spiro atoms. The number of likely N-dealkylation sites (tertiary alicyclic amines) is 1. The van der Waals surface area contributed by atoms with Crippen LogP contribution in [0.5, 0.6) is 0 Å². The third kappa shape index (κ3) is 5.92. The molecule has 0 aliphatic carbocycles. The Morgan fingerprint density at radius 3 is 2.72 bits per heavy atom. The van der Waals surface area contributed by atoms with Crippen molar-refractivity contribution in [3.63, 3.8) is 0 Å². The molecule has 1 rings (SSSR count). The smallest absolute Gasteiger partial charge is 0.192 e. The van der Waals surface area contributed by atoms with Gasteiger partial charge in [-0.05, 0) is 52.2 Å². The molecule has 0 aromatic rings. The van der Waals surface area contributed by atoms with Gasteiger partial charge in [-0.3, -0.25) is 4.99 Å². The number of guanidine groups is 1. The van der Waals surface area contributed by atoms with Crippen LogP contribution in [0.1, 0.15) is 26.2 Å². The van der Waals surface area contributed by atoms with Crippen molar-refractivity contribution in [2.45, 2.75) is 26.2 Å². The summed E-state index contributed by atoms with van der Waals surface area (Å²) in [5, 5.41) is 6.31. The van der Waals surface area contributed by atoms with Gasteiger partial charge in [0.2, 0.25) is 0 Å². The fourth-order valence-corrected chi connectivity index (χ4v) is 2.19. The topological polar surface area (TPSA) is 39.7 Å². The van der Waals surface area contributed by atoms with Crippen LogP contribution < -0.4 is 10.6 Å². The van der Waals surface area contributed by atoms with Gasteiger partial charge in [-0.25, -0.2) is 0 Å². The van der Waals surface area contributed by atoms with Gasteiger partial charge in [-0.15, -0.1) is 6.42 Å². The highest BCUT2D eigenvalue weighted by molar-refractivity contribution is 5.79. The van der Waals surface area contributed by atoms with Crippen molar-refractivity contribution in [1.29, 1.82) is 0 Å². The second-order valence-electron chi connectivity index (χ2n) is 4.85. The first-order valence-electron chi connectivity index (χ1n) is 6.90. The Hall–Kier alpha value is -1.21. The van der Waals surface area contributed by atoms with E-state index in [0.717, 1.165) is 25.0 Å². The Bertz CT molecular complexity index is 285. The second-order valence-corrected chi connectivity index (χ2v) is 4.85. The van der Waals surface area contributed by atoms with Crippen LogP contribution in [0.25, 0.3) is 0 Å². The molecule has 1 heterocycles. The van der Waals surface area contributed by atoms with E-state index in [0.29, 0.717) is 6.54 Å². The maximum absolute atomic E-state index is 5.23. The van der Waals surface area contributed by atoms with E-state index in [-0.39, 0.29) is 0 Å². The predicted octanol–water partition coefficient (Wildman–Crippen LogP) is 0.907. The number of rotatable bonds is 5. The molecule has 1 saturated heterocycles. The zero-order valence-corrected chi connectivity index (χ0v) is 11.7. The van der Waals surface area contributed by atoms with Crippen LogP contribution in [0.2, 0.25) is 0 Å². The van der Waals surface area contributed by atoms with Crippen molar-refractivity contribution in [1.82, 2.24) is 15.5 Å². The third-order valence-electron chi connectivity index (χ3n) is 3.35. The van der Waals surface area contributed by atoms with Gasteiger partial charge in [-0.2, -0.15) is 0 Å². The number of terminal acetylenes is 1. The summed E-state index contributed by atoms with van der Waals surface area (Å²) in [5.74, 6) is 4.23. The summed E-state index contributed by atoms with van der Waals surface area (Å²) < 4.78 is 0. The largest absolute Gasteiger partial charge is 0.357 e. The Kier molecular flexibility index (Phi) is 7.28. The van der Waals surface area contributed by atoms with E-state index in [1.165, 1.54) is 32.4 Å². The van der Waals surface area contributed by atoms with Crippen LogP contribution in [0.4, 0.5) is 0 Å². The number of nitrogens with one attached hydrogen (secondary N) is 2. The summed E-state index contributed by atoms with van der Waals surface area (Å²) >= 11 is 0. The van der Waals surface area contributed by atoms with E-state index < -0.39 is 0 Å². The second kappa shape index (κ2) is 8.82. The zero-order chi connectivity index (χ0) is 13.2. The molecule has 18 heavy (non-hydrogen) atoms. The average Bonchev–Trinajstić information content (AvgIpc) is 2.38. The van der Waals surface area contributed by atoms with Gasteiger partial charge in [0.05, 0.1) is 6.54 Å². The summed E-state index contributed by atoms with van der Waals surface area (Å²) in [4.78, 5) is 6.95. The normalized spacial score (nSPS) is 18.4. The van der Waals surface area contributed by atoms with Crippen LogP contribution in [0.3, 0.4) is 0 Å². The van der Waals surface area contributed by atoms with E-state index in [1.807, 2.05) is 0 Å². The first kappa shape index (κ1) is 14.8. The van der Waals surface area contributed by atoms with Gasteiger partial charge < -0.3 is 15.5 Å². The highest BCUT2D eigenvalue weighted by atomic mass is 15.2. The molecule has 1 fully saturated rings. The minimum Gasteiger partial charge on any atom is -0.357 e. The Morgan fingerprint density at radius 1 is 1.39 bits per heavy atom. The summed E-state index contributed by atoms with van der Waals surface area (Å²) in [5.41, 5.74) is 0. The molecule has 0 amide bonds. The van der Waals surface area contributed by atoms with E-state index >= 15 is 0 Å². The number of piperidine rings is 1. The van der Waals surface area contributed by atoms with E-state index in [2.05, 4.69) is 40.4 Å². The molecule has 1 aliphatic heterocycles. The molecule has 0 bridgehead atoms. The summed E-state index contributed by atoms with van der Waals surface area (Å²) in [6, 6.07) is 0. The first-order chi connectivity index (χ1) is 8.76. The summed E-state index contributed by atoms with van der Waals surface area (Å²) in [7, 11) is 2.20. The molecule has 0 aromatic carbocycles. The quantitative estimate of drug-likeness (QED) is 0.433. The molecular formula is C14H26N4. The van der Waals surface area contributed by atoms with E-state index in [4.69, 9.17) is 6.42 Å². The lowest BCUT2D eigenvalue weighted by Crippen LogP contribution is -2.37. The van der Waals surface area contributed by atoms with Crippen molar-refractivity contribution in [2.75, 3.05) is 39.8 Å². The lowest BCUT2D eigenvalue weighted by atomic mass is 9.94. The van der Waals surface area contributed by atoms with Crippen LogP contribution >= 0.6 is 0 Å². The fraction of sp³-hybridized carbons (Fsp3) is 0.786. The van der Waals surface area contributed by atoms with Crippen molar-refractivity contribution in [3.05, 3.63) is 0 Å². The monoisotopic (exact) mass is 250 g/mol. The van der Waals surface area contributed by atoms with Crippen molar-refractivity contribution in [3.8, 4) is 12.3 Å². The number of hydrogen-bond acceptors (Lipinski definition) is 2. The number of hydrogen-bond donors (Lipinski definition) is 2. The standard InChI is InChI=1S/C14H26N4/c1-4-9-16-14(15-5-2)17-10-6-13-7-11-18(3)12-8-13/h1,13H,5-12H2,2-3H3,(H2,15,16,17). The van der Waals surface area contributed by atoms with Gasteiger partial charge in [0, 0.05) is 13.1 Å². The summed E-state index contributed by atoms with van der Waals surface area (Å²) in [6.07, 6.45) is 9.02. The summed E-state index contributed by atoms with van der Waals surface area (Å²) in [6.45, 7) is 6.79. The van der Waals surface area contributed by atoms with Gasteiger partial charge in [0.25, 0.3) is 0 Å². The third-order valence-corrected chi connectivity index (χ3v) is 3.35. The molecule has 2 N–H and O–H groups in total. The van der Waals surface area contributed by atoms with Crippen LogP contribution in [-0.4, -0.2) is 50.6 Å². The predicted molar refractivity (Wildman–Crippen MR) is 77.7 cm³/mol. The highest BCUT2D eigenvalue weighted by Crippen LogP contribution is 2.19. The molecule has 102 valence electrons. The minimum atomic E-state index is 0.528. The molecule has 4 heteroatoms. The SMILES string of the molecule is C#CCNC(=NCCC1CCN(C)CC1)NCC. The molecule has 1 aliphatic rings. The van der Waals surface area contributed by atoms with E-state index in [9.17, 15) is 0 Å². The van der Waals surface area contributed by atoms with Gasteiger partial charge in [-0.1, -0.05) is 5.92 Å². The van der Waals surface area contributed by atoms with Crippen LogP contribution in [0, 0.1) is 18.3 Å². The average molecular weight is 250 g/mol. The molecule has 0 atom stereocenters. The van der Waals surface area contributed by atoms with Crippen molar-refractivity contribution >= 4 is 5.96 Å². The first-order valence-corrected chi connectivity index (χ1v) is 6.90. The minimum absolute atomic E-state index is 0.528. The zero-order valence-electron chi connectivity index (χ0n) is 11.7. The van der Waals surface area contributed by atoms with Gasteiger partial charge in [0.15, 0.2) is 5.96 Å². The lowest BCUT2D eigenvalue weighted by Gasteiger charge is -2.28. The highest BCUT2D eigenvalue weighted by Gasteiger charge is 2.15. The maximum Gasteiger partial charge on any atom is 0.192 e. The molecule has 4 nitrogen and oxygen atoms in total. The fourth-order valence-electron chi connectivity index (χ4n) is 2.19. The number of aliphatic imine (C=N–C) groups is 1. The van der Waals surface area contributed by atoms with Crippen molar-refractivity contribution < 1.29 is 0 Å². The molecule has 0 aromatic heterocycles. The van der Waals surface area contributed by atoms with E-state index in [1.54, 1.807) is 0 Å². The molecule has 0 unspecified atom stereocenters. The molecule has 0 radical (unpaired) electrons. The van der Waals surface area contributed by atoms with Crippen molar-refractivity contribution in [2.24, 2.45) is 10.9 Å². The van der Waals surface area contributed by atoms with Gasteiger partial charge >= 0.3 is 0 Å². The van der Waals surface area contributed by atoms with Crippen LogP contribution in [-0.2, 0) is 0 Å². The Morgan fingerprint density at radius 2 is 2.11 bits per heavy atom. The molecule has 0 saturated carbocycles.